The molecular formula is C23H28N2O6S. The third-order valence-electron chi connectivity index (χ3n) is 5.29. The highest BCUT2D eigenvalue weighted by atomic mass is 32.2. The Balaban J connectivity index is 1.62. The van der Waals surface area contributed by atoms with Crippen molar-refractivity contribution in [3.8, 4) is 17.2 Å². The van der Waals surface area contributed by atoms with Gasteiger partial charge in [-0.1, -0.05) is 18.7 Å². The van der Waals surface area contributed by atoms with E-state index >= 15 is 0 Å². The topological polar surface area (TPSA) is 94.2 Å². The summed E-state index contributed by atoms with van der Waals surface area (Å²) in [5, 5.41) is 2.90. The molecule has 1 fully saturated rings. The first-order valence-corrected chi connectivity index (χ1v) is 11.7. The molecule has 0 aromatic heterocycles. The maximum absolute atomic E-state index is 13.1. The van der Waals surface area contributed by atoms with Gasteiger partial charge in [-0.15, -0.1) is 0 Å². The van der Waals surface area contributed by atoms with Gasteiger partial charge in [-0.05, 0) is 37.1 Å². The second-order valence-electron chi connectivity index (χ2n) is 7.31. The van der Waals surface area contributed by atoms with Gasteiger partial charge in [0, 0.05) is 36.8 Å². The molecule has 2 aromatic rings. The maximum atomic E-state index is 13.1. The van der Waals surface area contributed by atoms with E-state index in [2.05, 4.69) is 11.9 Å². The number of anilines is 1. The summed E-state index contributed by atoms with van der Waals surface area (Å²) in [5.74, 6) is 1.04. The molecule has 0 spiro atoms. The fourth-order valence-corrected chi connectivity index (χ4v) is 5.03. The molecule has 1 N–H and O–H groups in total. The van der Waals surface area contributed by atoms with Crippen molar-refractivity contribution in [2.24, 2.45) is 5.92 Å². The Morgan fingerprint density at radius 1 is 1.12 bits per heavy atom. The number of carbonyl (C=O) groups excluding carboxylic acids is 1. The molecule has 0 unspecified atom stereocenters. The van der Waals surface area contributed by atoms with Crippen LogP contribution < -0.4 is 19.5 Å². The molecule has 0 atom stereocenters. The number of hydrogen-bond donors (Lipinski definition) is 1. The molecule has 1 heterocycles. The summed E-state index contributed by atoms with van der Waals surface area (Å²) in [6, 6.07) is 11.7. The van der Waals surface area contributed by atoms with Crippen LogP contribution in [0.4, 0.5) is 5.69 Å². The van der Waals surface area contributed by atoms with Gasteiger partial charge in [-0.2, -0.15) is 4.31 Å². The van der Waals surface area contributed by atoms with Gasteiger partial charge in [-0.3, -0.25) is 4.79 Å². The van der Waals surface area contributed by atoms with E-state index in [1.807, 2.05) is 0 Å². The van der Waals surface area contributed by atoms with Gasteiger partial charge in [0.05, 0.1) is 19.1 Å². The van der Waals surface area contributed by atoms with E-state index in [9.17, 15) is 13.2 Å². The molecular weight excluding hydrogens is 432 g/mol. The normalized spacial score (nSPS) is 15.1. The number of nitrogens with one attached hydrogen (secondary N) is 1. The number of piperidine rings is 1. The number of rotatable bonds is 9. The second kappa shape index (κ2) is 10.5. The Kier molecular flexibility index (Phi) is 7.76. The van der Waals surface area contributed by atoms with E-state index in [4.69, 9.17) is 14.2 Å². The molecule has 172 valence electrons. The van der Waals surface area contributed by atoms with Crippen LogP contribution in [-0.4, -0.2) is 52.5 Å². The third-order valence-corrected chi connectivity index (χ3v) is 7.18. The summed E-state index contributed by atoms with van der Waals surface area (Å²) < 4.78 is 43.4. The lowest BCUT2D eigenvalue weighted by atomic mass is 9.97. The second-order valence-corrected chi connectivity index (χ2v) is 9.25. The monoisotopic (exact) mass is 460 g/mol. The molecule has 1 saturated heterocycles. The van der Waals surface area contributed by atoms with Gasteiger partial charge < -0.3 is 19.5 Å². The highest BCUT2D eigenvalue weighted by Gasteiger charge is 2.32. The standard InChI is InChI=1S/C23H28N2O6S/c1-4-14-31-19-7-5-6-18(15-19)24-23(26)17-10-12-25(13-11-17)32(27,28)20-8-9-21(29-2)22(16-20)30-3/h4-9,15-17H,1,10-14H2,2-3H3,(H,24,26). The lowest BCUT2D eigenvalue weighted by molar-refractivity contribution is -0.120. The van der Waals surface area contributed by atoms with Crippen molar-refractivity contribution in [1.29, 1.82) is 0 Å². The molecule has 1 aliphatic heterocycles. The summed E-state index contributed by atoms with van der Waals surface area (Å²) in [6.45, 7) is 4.52. The number of hydrogen-bond acceptors (Lipinski definition) is 6. The van der Waals surface area contributed by atoms with E-state index in [0.717, 1.165) is 0 Å². The molecule has 8 nitrogen and oxygen atoms in total. The SMILES string of the molecule is C=CCOc1cccc(NC(=O)C2CCN(S(=O)(=O)c3ccc(OC)c(OC)c3)CC2)c1. The molecule has 1 aliphatic rings. The van der Waals surface area contributed by atoms with Crippen LogP contribution in [0.3, 0.4) is 0 Å². The number of benzene rings is 2. The van der Waals surface area contributed by atoms with Crippen molar-refractivity contribution >= 4 is 21.6 Å². The van der Waals surface area contributed by atoms with Crippen LogP contribution in [-0.2, 0) is 14.8 Å². The number of sulfonamides is 1. The number of amides is 1. The molecule has 0 saturated carbocycles. The van der Waals surface area contributed by atoms with E-state index in [-0.39, 0.29) is 29.8 Å². The minimum absolute atomic E-state index is 0.131. The highest BCUT2D eigenvalue weighted by molar-refractivity contribution is 7.89. The van der Waals surface area contributed by atoms with Crippen molar-refractivity contribution in [3.63, 3.8) is 0 Å². The largest absolute Gasteiger partial charge is 0.493 e. The molecule has 9 heteroatoms. The van der Waals surface area contributed by atoms with Crippen LogP contribution in [0.5, 0.6) is 17.2 Å². The van der Waals surface area contributed by atoms with Crippen molar-refractivity contribution in [1.82, 2.24) is 4.31 Å². The first-order valence-electron chi connectivity index (χ1n) is 10.3. The van der Waals surface area contributed by atoms with Crippen LogP contribution in [0.2, 0.25) is 0 Å². The predicted molar refractivity (Wildman–Crippen MR) is 122 cm³/mol. The minimum atomic E-state index is -3.70. The lowest BCUT2D eigenvalue weighted by Crippen LogP contribution is -2.41. The van der Waals surface area contributed by atoms with Gasteiger partial charge >= 0.3 is 0 Å². The molecule has 1 amide bonds. The van der Waals surface area contributed by atoms with Crippen LogP contribution in [0, 0.1) is 5.92 Å². The first kappa shape index (κ1) is 23.6. The third kappa shape index (κ3) is 5.41. The fourth-order valence-electron chi connectivity index (χ4n) is 3.55. The first-order chi connectivity index (χ1) is 15.4. The molecule has 0 radical (unpaired) electrons. The Bertz CT molecular complexity index is 1060. The van der Waals surface area contributed by atoms with Gasteiger partial charge in [0.2, 0.25) is 15.9 Å². The van der Waals surface area contributed by atoms with Crippen LogP contribution in [0.15, 0.2) is 60.0 Å². The van der Waals surface area contributed by atoms with Crippen LogP contribution in [0.1, 0.15) is 12.8 Å². The average molecular weight is 461 g/mol. The Morgan fingerprint density at radius 3 is 2.50 bits per heavy atom. The van der Waals surface area contributed by atoms with Gasteiger partial charge in [-0.25, -0.2) is 8.42 Å². The van der Waals surface area contributed by atoms with E-state index in [0.29, 0.717) is 42.4 Å². The quantitative estimate of drug-likeness (QED) is 0.577. The molecule has 3 rings (SSSR count). The van der Waals surface area contributed by atoms with Crippen molar-refractivity contribution in [3.05, 3.63) is 55.1 Å². The molecule has 2 aromatic carbocycles. The highest BCUT2D eigenvalue weighted by Crippen LogP contribution is 2.32. The van der Waals surface area contributed by atoms with E-state index in [1.165, 1.54) is 30.7 Å². The van der Waals surface area contributed by atoms with Crippen LogP contribution >= 0.6 is 0 Å². The Labute approximate surface area is 188 Å². The Hall–Kier alpha value is -3.04. The van der Waals surface area contributed by atoms with Crippen LogP contribution in [0.25, 0.3) is 0 Å². The smallest absolute Gasteiger partial charge is 0.243 e. The number of nitrogens with zero attached hydrogens (tertiary/aromatic N) is 1. The zero-order valence-corrected chi connectivity index (χ0v) is 19.1. The van der Waals surface area contributed by atoms with Gasteiger partial charge in [0.15, 0.2) is 11.5 Å². The minimum Gasteiger partial charge on any atom is -0.493 e. The predicted octanol–water partition coefficient (Wildman–Crippen LogP) is 3.31. The average Bonchev–Trinajstić information content (AvgIpc) is 2.82. The number of methoxy groups -OCH3 is 2. The summed E-state index contributed by atoms with van der Waals surface area (Å²) in [6.07, 6.45) is 2.52. The summed E-state index contributed by atoms with van der Waals surface area (Å²) in [7, 11) is -0.750. The lowest BCUT2D eigenvalue weighted by Gasteiger charge is -2.30. The van der Waals surface area contributed by atoms with Crippen molar-refractivity contribution in [2.75, 3.05) is 39.2 Å². The van der Waals surface area contributed by atoms with Crippen molar-refractivity contribution in [2.45, 2.75) is 17.7 Å². The van der Waals surface area contributed by atoms with Crippen molar-refractivity contribution < 1.29 is 27.4 Å². The molecule has 32 heavy (non-hydrogen) atoms. The maximum Gasteiger partial charge on any atom is 0.243 e. The zero-order chi connectivity index (χ0) is 23.1. The fraction of sp³-hybridized carbons (Fsp3) is 0.348. The zero-order valence-electron chi connectivity index (χ0n) is 18.2. The summed E-state index contributed by atoms with van der Waals surface area (Å²) in [5.41, 5.74) is 0.636. The number of ether oxygens (including phenoxy) is 3. The summed E-state index contributed by atoms with van der Waals surface area (Å²) >= 11 is 0. The van der Waals surface area contributed by atoms with E-state index < -0.39 is 10.0 Å². The van der Waals surface area contributed by atoms with Gasteiger partial charge in [0.25, 0.3) is 0 Å². The molecule has 0 bridgehead atoms. The molecule has 0 aliphatic carbocycles. The number of carbonyl (C=O) groups is 1. The summed E-state index contributed by atoms with van der Waals surface area (Å²) in [4.78, 5) is 12.8. The van der Waals surface area contributed by atoms with Gasteiger partial charge in [0.1, 0.15) is 12.4 Å². The Morgan fingerprint density at radius 2 is 1.84 bits per heavy atom. The van der Waals surface area contributed by atoms with E-state index in [1.54, 1.807) is 36.4 Å².